The molecule has 0 bridgehead atoms. The quantitative estimate of drug-likeness (QED) is 0.786. The average Bonchev–Trinajstić information content (AvgIpc) is 2.32. The van der Waals surface area contributed by atoms with Gasteiger partial charge in [-0.05, 0) is 31.5 Å². The molecule has 0 aliphatic heterocycles. The van der Waals surface area contributed by atoms with Crippen LogP contribution in [0.4, 0.5) is 0 Å². The van der Waals surface area contributed by atoms with Crippen LogP contribution in [-0.4, -0.2) is 29.6 Å². The zero-order valence-corrected chi connectivity index (χ0v) is 11.3. The van der Waals surface area contributed by atoms with Crippen molar-refractivity contribution in [1.29, 1.82) is 0 Å². The Balaban J connectivity index is 2.60. The molecule has 1 N–H and O–H groups in total. The van der Waals surface area contributed by atoms with Crippen molar-refractivity contribution in [2.75, 3.05) is 13.6 Å². The smallest absolute Gasteiger partial charge is 0.331 e. The third-order valence-corrected chi connectivity index (χ3v) is 3.01. The van der Waals surface area contributed by atoms with Crippen LogP contribution in [0.2, 0.25) is 0 Å². The van der Waals surface area contributed by atoms with Crippen LogP contribution >= 0.6 is 0 Å². The van der Waals surface area contributed by atoms with Gasteiger partial charge in [-0.15, -0.1) is 0 Å². The number of benzene rings is 1. The molecule has 1 aromatic rings. The summed E-state index contributed by atoms with van der Waals surface area (Å²) in [6.45, 7) is 5.44. The number of carboxylic acids is 1. The SMILES string of the molecule is CCC(=CCN(C)Cc1ccccc1C)C(=O)O. The van der Waals surface area contributed by atoms with Crippen molar-refractivity contribution in [3.63, 3.8) is 0 Å². The van der Waals surface area contributed by atoms with Gasteiger partial charge in [0.2, 0.25) is 0 Å². The molecule has 0 atom stereocenters. The molecule has 0 amide bonds. The third-order valence-electron chi connectivity index (χ3n) is 3.01. The van der Waals surface area contributed by atoms with Gasteiger partial charge in [0.15, 0.2) is 0 Å². The Hall–Kier alpha value is -1.61. The van der Waals surface area contributed by atoms with Crippen LogP contribution in [-0.2, 0) is 11.3 Å². The minimum atomic E-state index is -0.818. The zero-order chi connectivity index (χ0) is 13.5. The van der Waals surface area contributed by atoms with Crippen LogP contribution in [0.25, 0.3) is 0 Å². The lowest BCUT2D eigenvalue weighted by molar-refractivity contribution is -0.132. The van der Waals surface area contributed by atoms with Crippen LogP contribution in [0, 0.1) is 6.92 Å². The largest absolute Gasteiger partial charge is 0.478 e. The number of aliphatic carboxylic acids is 1. The predicted octanol–water partition coefficient (Wildman–Crippen LogP) is 2.85. The molecule has 3 heteroatoms. The van der Waals surface area contributed by atoms with Gasteiger partial charge >= 0.3 is 5.97 Å². The number of rotatable bonds is 6. The number of hydrogen-bond acceptors (Lipinski definition) is 2. The molecule has 1 aromatic carbocycles. The number of likely N-dealkylation sites (N-methyl/N-ethyl adjacent to an activating group) is 1. The van der Waals surface area contributed by atoms with Crippen molar-refractivity contribution in [3.8, 4) is 0 Å². The van der Waals surface area contributed by atoms with Gasteiger partial charge in [-0.1, -0.05) is 37.3 Å². The summed E-state index contributed by atoms with van der Waals surface area (Å²) >= 11 is 0. The van der Waals surface area contributed by atoms with E-state index < -0.39 is 5.97 Å². The fourth-order valence-corrected chi connectivity index (χ4v) is 1.79. The molecule has 0 radical (unpaired) electrons. The van der Waals surface area contributed by atoms with Crippen LogP contribution in [0.3, 0.4) is 0 Å². The molecule has 0 aliphatic rings. The topological polar surface area (TPSA) is 40.5 Å². The second kappa shape index (κ2) is 6.97. The molecule has 0 aliphatic carbocycles. The summed E-state index contributed by atoms with van der Waals surface area (Å²) in [4.78, 5) is 13.0. The highest BCUT2D eigenvalue weighted by Gasteiger charge is 2.05. The molecule has 1 rings (SSSR count). The normalized spacial score (nSPS) is 11.9. The van der Waals surface area contributed by atoms with Crippen molar-refractivity contribution in [2.45, 2.75) is 26.8 Å². The molecule has 18 heavy (non-hydrogen) atoms. The van der Waals surface area contributed by atoms with Crippen molar-refractivity contribution in [1.82, 2.24) is 4.90 Å². The van der Waals surface area contributed by atoms with Crippen molar-refractivity contribution >= 4 is 5.97 Å². The van der Waals surface area contributed by atoms with Gasteiger partial charge < -0.3 is 5.11 Å². The lowest BCUT2D eigenvalue weighted by Crippen LogP contribution is -2.19. The summed E-state index contributed by atoms with van der Waals surface area (Å²) in [5.41, 5.74) is 3.02. The van der Waals surface area contributed by atoms with Gasteiger partial charge in [0.05, 0.1) is 0 Å². The van der Waals surface area contributed by atoms with Crippen LogP contribution in [0.15, 0.2) is 35.9 Å². The van der Waals surface area contributed by atoms with E-state index in [4.69, 9.17) is 5.11 Å². The first-order valence-electron chi connectivity index (χ1n) is 6.20. The van der Waals surface area contributed by atoms with Gasteiger partial charge in [-0.3, -0.25) is 4.90 Å². The van der Waals surface area contributed by atoms with Crippen molar-refractivity contribution in [3.05, 3.63) is 47.0 Å². The molecule has 98 valence electrons. The number of hydrogen-bond donors (Lipinski definition) is 1. The second-order valence-corrected chi connectivity index (χ2v) is 4.51. The first-order valence-corrected chi connectivity index (χ1v) is 6.20. The van der Waals surface area contributed by atoms with Gasteiger partial charge in [0, 0.05) is 18.7 Å². The monoisotopic (exact) mass is 247 g/mol. The average molecular weight is 247 g/mol. The lowest BCUT2D eigenvalue weighted by Gasteiger charge is -2.16. The maximum absolute atomic E-state index is 10.9. The molecule has 3 nitrogen and oxygen atoms in total. The van der Waals surface area contributed by atoms with Gasteiger partial charge in [-0.25, -0.2) is 4.79 Å². The van der Waals surface area contributed by atoms with Crippen molar-refractivity contribution < 1.29 is 9.90 Å². The molecule has 0 saturated carbocycles. The fraction of sp³-hybridized carbons (Fsp3) is 0.400. The Bertz CT molecular complexity index is 438. The Morgan fingerprint density at radius 1 is 1.39 bits per heavy atom. The Kier molecular flexibility index (Phi) is 5.59. The summed E-state index contributed by atoms with van der Waals surface area (Å²) in [5.74, 6) is -0.818. The summed E-state index contributed by atoms with van der Waals surface area (Å²) < 4.78 is 0. The Morgan fingerprint density at radius 2 is 2.06 bits per heavy atom. The van der Waals surface area contributed by atoms with E-state index in [1.54, 1.807) is 6.08 Å². The van der Waals surface area contributed by atoms with Crippen LogP contribution in [0.1, 0.15) is 24.5 Å². The van der Waals surface area contributed by atoms with E-state index in [-0.39, 0.29) is 0 Å². The highest BCUT2D eigenvalue weighted by molar-refractivity contribution is 5.86. The summed E-state index contributed by atoms with van der Waals surface area (Å²) in [7, 11) is 2.00. The standard InChI is InChI=1S/C15H21NO2/c1-4-13(15(17)18)9-10-16(3)11-14-8-6-5-7-12(14)2/h5-9H,4,10-11H2,1-3H3,(H,17,18). The van der Waals surface area contributed by atoms with E-state index in [9.17, 15) is 4.79 Å². The number of carbonyl (C=O) groups is 1. The molecule has 0 aromatic heterocycles. The minimum Gasteiger partial charge on any atom is -0.478 e. The number of carboxylic acid groups (broad SMARTS) is 1. The van der Waals surface area contributed by atoms with Gasteiger partial charge in [0.25, 0.3) is 0 Å². The van der Waals surface area contributed by atoms with E-state index in [0.29, 0.717) is 18.5 Å². The molecule has 0 saturated heterocycles. The first kappa shape index (κ1) is 14.5. The molecule has 0 spiro atoms. The molecule has 0 fully saturated rings. The van der Waals surface area contributed by atoms with E-state index in [2.05, 4.69) is 24.0 Å². The highest BCUT2D eigenvalue weighted by atomic mass is 16.4. The molecular weight excluding hydrogens is 226 g/mol. The number of aryl methyl sites for hydroxylation is 1. The highest BCUT2D eigenvalue weighted by Crippen LogP contribution is 2.10. The first-order chi connectivity index (χ1) is 8.54. The minimum absolute atomic E-state index is 0.478. The zero-order valence-electron chi connectivity index (χ0n) is 11.3. The molecule has 0 unspecified atom stereocenters. The molecular formula is C15H21NO2. The number of nitrogens with zero attached hydrogens (tertiary/aromatic N) is 1. The van der Waals surface area contributed by atoms with Gasteiger partial charge in [-0.2, -0.15) is 0 Å². The summed E-state index contributed by atoms with van der Waals surface area (Å²) in [6, 6.07) is 8.25. The van der Waals surface area contributed by atoms with E-state index in [1.165, 1.54) is 11.1 Å². The van der Waals surface area contributed by atoms with E-state index in [1.807, 2.05) is 26.1 Å². The Morgan fingerprint density at radius 3 is 2.61 bits per heavy atom. The van der Waals surface area contributed by atoms with Crippen LogP contribution < -0.4 is 0 Å². The fourth-order valence-electron chi connectivity index (χ4n) is 1.79. The lowest BCUT2D eigenvalue weighted by atomic mass is 10.1. The Labute approximate surface area is 109 Å². The van der Waals surface area contributed by atoms with E-state index >= 15 is 0 Å². The molecule has 0 heterocycles. The van der Waals surface area contributed by atoms with E-state index in [0.717, 1.165) is 6.54 Å². The summed E-state index contributed by atoms with van der Waals surface area (Å²) in [5, 5.41) is 8.93. The van der Waals surface area contributed by atoms with Gasteiger partial charge in [0.1, 0.15) is 0 Å². The maximum atomic E-state index is 10.9. The third kappa shape index (κ3) is 4.34. The summed E-state index contributed by atoms with van der Waals surface area (Å²) in [6.07, 6.45) is 2.36. The predicted molar refractivity (Wildman–Crippen MR) is 73.5 cm³/mol. The van der Waals surface area contributed by atoms with Crippen molar-refractivity contribution in [2.24, 2.45) is 0 Å². The maximum Gasteiger partial charge on any atom is 0.331 e. The van der Waals surface area contributed by atoms with Crippen LogP contribution in [0.5, 0.6) is 0 Å². The second-order valence-electron chi connectivity index (χ2n) is 4.51.